The fourth-order valence-electron chi connectivity index (χ4n) is 1.78. The molecule has 1 aliphatic heterocycles. The van der Waals surface area contributed by atoms with Gasteiger partial charge in [0.25, 0.3) is 0 Å². The van der Waals surface area contributed by atoms with Gasteiger partial charge in [-0.2, -0.15) is 0 Å². The number of benzene rings is 1. The number of hydrogen-bond acceptors (Lipinski definition) is 2. The highest BCUT2D eigenvalue weighted by Gasteiger charge is 2.17. The Morgan fingerprint density at radius 2 is 2.08 bits per heavy atom. The van der Waals surface area contributed by atoms with E-state index in [4.69, 9.17) is 0 Å². The van der Waals surface area contributed by atoms with Crippen LogP contribution in [-0.4, -0.2) is 12.6 Å². The van der Waals surface area contributed by atoms with Crippen molar-refractivity contribution in [3.63, 3.8) is 0 Å². The Balaban J connectivity index is 2.18. The number of fused-ring (bicyclic) bond motifs is 1. The van der Waals surface area contributed by atoms with Gasteiger partial charge in [0.15, 0.2) is 0 Å². The lowest BCUT2D eigenvalue weighted by Gasteiger charge is -2.23. The fourth-order valence-corrected chi connectivity index (χ4v) is 1.78. The van der Waals surface area contributed by atoms with Crippen LogP contribution in [-0.2, 0) is 6.42 Å². The standard InChI is InChI=1S/C11H16N2/c1-9(2)12-13-8-7-10-5-3-4-6-11(10)13/h3-6,9,12H,7-8H2,1-2H3. The van der Waals surface area contributed by atoms with Crippen molar-refractivity contribution >= 4 is 5.69 Å². The Bertz CT molecular complexity index is 294. The van der Waals surface area contributed by atoms with Crippen LogP contribution in [0.1, 0.15) is 19.4 Å². The molecule has 2 nitrogen and oxygen atoms in total. The molecule has 2 rings (SSSR count). The Hall–Kier alpha value is -1.02. The van der Waals surface area contributed by atoms with Gasteiger partial charge in [0.05, 0.1) is 5.69 Å². The molecule has 0 aliphatic carbocycles. The fraction of sp³-hybridized carbons (Fsp3) is 0.455. The van der Waals surface area contributed by atoms with E-state index >= 15 is 0 Å². The van der Waals surface area contributed by atoms with Crippen LogP contribution in [0.5, 0.6) is 0 Å². The van der Waals surface area contributed by atoms with Crippen LogP contribution in [0.25, 0.3) is 0 Å². The molecule has 1 aliphatic rings. The largest absolute Gasteiger partial charge is 0.308 e. The van der Waals surface area contributed by atoms with Gasteiger partial charge < -0.3 is 5.01 Å². The van der Waals surface area contributed by atoms with Crippen LogP contribution in [0.4, 0.5) is 5.69 Å². The summed E-state index contributed by atoms with van der Waals surface area (Å²) in [5.41, 5.74) is 6.23. The third kappa shape index (κ3) is 1.68. The first-order chi connectivity index (χ1) is 6.27. The van der Waals surface area contributed by atoms with Crippen molar-refractivity contribution in [2.75, 3.05) is 11.6 Å². The number of rotatable bonds is 2. The molecule has 0 bridgehead atoms. The Labute approximate surface area is 79.5 Å². The van der Waals surface area contributed by atoms with E-state index in [-0.39, 0.29) is 0 Å². The van der Waals surface area contributed by atoms with Crippen molar-refractivity contribution in [3.8, 4) is 0 Å². The van der Waals surface area contributed by atoms with Gasteiger partial charge in [0, 0.05) is 12.6 Å². The average molecular weight is 176 g/mol. The molecule has 1 heterocycles. The molecule has 1 aromatic carbocycles. The summed E-state index contributed by atoms with van der Waals surface area (Å²) in [6.45, 7) is 5.43. The first-order valence-corrected chi connectivity index (χ1v) is 4.89. The van der Waals surface area contributed by atoms with E-state index < -0.39 is 0 Å². The van der Waals surface area contributed by atoms with Crippen molar-refractivity contribution in [3.05, 3.63) is 29.8 Å². The number of hydrogen-bond donors (Lipinski definition) is 1. The first-order valence-electron chi connectivity index (χ1n) is 4.89. The van der Waals surface area contributed by atoms with E-state index in [0.717, 1.165) is 13.0 Å². The molecular weight excluding hydrogens is 160 g/mol. The Morgan fingerprint density at radius 3 is 2.85 bits per heavy atom. The molecule has 0 saturated heterocycles. The molecule has 1 N–H and O–H groups in total. The minimum absolute atomic E-state index is 0.506. The SMILES string of the molecule is CC(C)NN1CCc2ccccc21. The van der Waals surface area contributed by atoms with Crippen molar-refractivity contribution in [2.45, 2.75) is 26.3 Å². The second kappa shape index (κ2) is 3.38. The molecule has 0 amide bonds. The van der Waals surface area contributed by atoms with Crippen molar-refractivity contribution in [2.24, 2.45) is 0 Å². The van der Waals surface area contributed by atoms with Gasteiger partial charge in [0.2, 0.25) is 0 Å². The van der Waals surface area contributed by atoms with Gasteiger partial charge in [-0.05, 0) is 31.9 Å². The third-order valence-electron chi connectivity index (χ3n) is 2.30. The summed E-state index contributed by atoms with van der Waals surface area (Å²) < 4.78 is 0. The summed E-state index contributed by atoms with van der Waals surface area (Å²) in [6, 6.07) is 9.09. The molecule has 0 radical (unpaired) electrons. The van der Waals surface area contributed by atoms with Crippen LogP contribution in [0.3, 0.4) is 0 Å². The van der Waals surface area contributed by atoms with Gasteiger partial charge in [-0.1, -0.05) is 18.2 Å². The molecule has 0 fully saturated rings. The molecule has 0 saturated carbocycles. The number of para-hydroxylation sites is 1. The summed E-state index contributed by atoms with van der Waals surface area (Å²) in [5, 5.41) is 2.25. The van der Waals surface area contributed by atoms with Gasteiger partial charge in [0.1, 0.15) is 0 Å². The maximum Gasteiger partial charge on any atom is 0.0552 e. The molecule has 0 unspecified atom stereocenters. The maximum absolute atomic E-state index is 3.43. The van der Waals surface area contributed by atoms with Crippen molar-refractivity contribution < 1.29 is 0 Å². The Morgan fingerprint density at radius 1 is 1.31 bits per heavy atom. The normalized spacial score (nSPS) is 15.2. The summed E-state index contributed by atoms with van der Waals surface area (Å²) >= 11 is 0. The van der Waals surface area contributed by atoms with Crippen LogP contribution in [0, 0.1) is 0 Å². The summed E-state index contributed by atoms with van der Waals surface area (Å²) in [7, 11) is 0. The molecule has 0 atom stereocenters. The molecule has 0 spiro atoms. The minimum atomic E-state index is 0.506. The summed E-state index contributed by atoms with van der Waals surface area (Å²) in [5.74, 6) is 0. The topological polar surface area (TPSA) is 15.3 Å². The molecule has 13 heavy (non-hydrogen) atoms. The highest BCUT2D eigenvalue weighted by Crippen LogP contribution is 2.25. The highest BCUT2D eigenvalue weighted by molar-refractivity contribution is 5.56. The zero-order chi connectivity index (χ0) is 9.26. The molecule has 2 heteroatoms. The lowest BCUT2D eigenvalue weighted by atomic mass is 10.2. The molecular formula is C11H16N2. The zero-order valence-corrected chi connectivity index (χ0v) is 8.25. The number of hydrazine groups is 1. The van der Waals surface area contributed by atoms with Crippen LogP contribution >= 0.6 is 0 Å². The molecule has 70 valence electrons. The van der Waals surface area contributed by atoms with E-state index in [1.54, 1.807) is 0 Å². The monoisotopic (exact) mass is 176 g/mol. The van der Waals surface area contributed by atoms with Gasteiger partial charge in [-0.15, -0.1) is 0 Å². The van der Waals surface area contributed by atoms with Crippen LogP contribution < -0.4 is 10.4 Å². The first kappa shape index (κ1) is 8.57. The number of anilines is 1. The predicted molar refractivity (Wildman–Crippen MR) is 55.8 cm³/mol. The lowest BCUT2D eigenvalue weighted by molar-refractivity contribution is 0.560. The van der Waals surface area contributed by atoms with Gasteiger partial charge >= 0.3 is 0 Å². The third-order valence-corrected chi connectivity index (χ3v) is 2.30. The van der Waals surface area contributed by atoms with E-state index in [2.05, 4.69) is 48.5 Å². The van der Waals surface area contributed by atoms with Gasteiger partial charge in [-0.3, -0.25) is 0 Å². The van der Waals surface area contributed by atoms with Crippen LogP contribution in [0.2, 0.25) is 0 Å². The smallest absolute Gasteiger partial charge is 0.0552 e. The minimum Gasteiger partial charge on any atom is -0.308 e. The zero-order valence-electron chi connectivity index (χ0n) is 8.25. The van der Waals surface area contributed by atoms with Crippen molar-refractivity contribution in [1.29, 1.82) is 0 Å². The van der Waals surface area contributed by atoms with Gasteiger partial charge in [-0.25, -0.2) is 5.43 Å². The molecule has 1 aromatic rings. The van der Waals surface area contributed by atoms with E-state index in [1.807, 2.05) is 0 Å². The van der Waals surface area contributed by atoms with E-state index in [0.29, 0.717) is 6.04 Å². The van der Waals surface area contributed by atoms with Crippen LogP contribution in [0.15, 0.2) is 24.3 Å². The number of nitrogens with one attached hydrogen (secondary N) is 1. The predicted octanol–water partition coefficient (Wildman–Crippen LogP) is 1.96. The second-order valence-corrected chi connectivity index (χ2v) is 3.81. The number of nitrogens with zero attached hydrogens (tertiary/aromatic N) is 1. The van der Waals surface area contributed by atoms with E-state index in [9.17, 15) is 0 Å². The second-order valence-electron chi connectivity index (χ2n) is 3.81. The maximum atomic E-state index is 3.43. The Kier molecular flexibility index (Phi) is 2.23. The lowest BCUT2D eigenvalue weighted by Crippen LogP contribution is -2.41. The quantitative estimate of drug-likeness (QED) is 0.741. The summed E-state index contributed by atoms with van der Waals surface area (Å²) in [6.07, 6.45) is 1.16. The van der Waals surface area contributed by atoms with E-state index in [1.165, 1.54) is 11.3 Å². The summed E-state index contributed by atoms with van der Waals surface area (Å²) in [4.78, 5) is 0. The van der Waals surface area contributed by atoms with Crippen molar-refractivity contribution in [1.82, 2.24) is 5.43 Å². The highest BCUT2D eigenvalue weighted by atomic mass is 15.5. The average Bonchev–Trinajstić information content (AvgIpc) is 2.48. The molecule has 0 aromatic heterocycles.